The molecule has 0 aliphatic heterocycles. The second kappa shape index (κ2) is 7.50. The number of nitrogens with one attached hydrogen (secondary N) is 1. The number of benzene rings is 1. The van der Waals surface area contributed by atoms with Crippen LogP contribution in [0, 0.1) is 6.92 Å². The van der Waals surface area contributed by atoms with Crippen LogP contribution in [-0.2, 0) is 0 Å². The monoisotopic (exact) mass is 229 g/mol. The summed E-state index contributed by atoms with van der Waals surface area (Å²) in [5.41, 5.74) is 3.77. The minimum Gasteiger partial charge on any atom is -0.381 e. The summed E-state index contributed by atoms with van der Waals surface area (Å²) >= 11 is 0. The van der Waals surface area contributed by atoms with Crippen molar-refractivity contribution in [3.8, 4) is 0 Å². The first-order valence-corrected chi connectivity index (χ1v) is 5.98. The SMILES string of the molecule is C=C/C=C(\C/C=C\C)CNc1ccc(C)cc1.[HH]. The number of rotatable bonds is 6. The normalized spacial score (nSPS) is 11.8. The maximum Gasteiger partial charge on any atom is 0.0366 e. The van der Waals surface area contributed by atoms with E-state index in [0.717, 1.165) is 18.7 Å². The van der Waals surface area contributed by atoms with E-state index in [-0.39, 0.29) is 1.43 Å². The molecule has 0 spiro atoms. The van der Waals surface area contributed by atoms with E-state index in [1.54, 1.807) is 0 Å². The van der Waals surface area contributed by atoms with E-state index in [1.165, 1.54) is 11.1 Å². The fourth-order valence-electron chi connectivity index (χ4n) is 1.52. The van der Waals surface area contributed by atoms with E-state index >= 15 is 0 Å². The van der Waals surface area contributed by atoms with Gasteiger partial charge in [-0.1, -0.05) is 48.6 Å². The highest BCUT2D eigenvalue weighted by atomic mass is 14.9. The smallest absolute Gasteiger partial charge is 0.0366 e. The molecule has 1 heteroatoms. The van der Waals surface area contributed by atoms with Gasteiger partial charge in [-0.25, -0.2) is 0 Å². The van der Waals surface area contributed by atoms with Crippen molar-refractivity contribution in [1.82, 2.24) is 0 Å². The molecule has 0 saturated carbocycles. The van der Waals surface area contributed by atoms with E-state index < -0.39 is 0 Å². The maximum atomic E-state index is 3.75. The van der Waals surface area contributed by atoms with Gasteiger partial charge < -0.3 is 5.32 Å². The molecule has 1 nitrogen and oxygen atoms in total. The molecule has 0 unspecified atom stereocenters. The number of anilines is 1. The molecular weight excluding hydrogens is 206 g/mol. The molecule has 1 rings (SSSR count). The van der Waals surface area contributed by atoms with Crippen molar-refractivity contribution in [1.29, 1.82) is 0 Å². The Morgan fingerprint density at radius 2 is 2.06 bits per heavy atom. The quantitative estimate of drug-likeness (QED) is 0.549. The van der Waals surface area contributed by atoms with Gasteiger partial charge in [-0.3, -0.25) is 0 Å². The van der Waals surface area contributed by atoms with Gasteiger partial charge in [0.2, 0.25) is 0 Å². The van der Waals surface area contributed by atoms with E-state index in [2.05, 4.69) is 61.3 Å². The van der Waals surface area contributed by atoms with Gasteiger partial charge in [-0.2, -0.15) is 0 Å². The lowest BCUT2D eigenvalue weighted by Crippen LogP contribution is -2.04. The van der Waals surface area contributed by atoms with Crippen LogP contribution >= 0.6 is 0 Å². The summed E-state index contributed by atoms with van der Waals surface area (Å²) in [4.78, 5) is 0. The first kappa shape index (κ1) is 13.3. The third kappa shape index (κ3) is 5.21. The number of hydrogen-bond donors (Lipinski definition) is 1. The molecule has 0 amide bonds. The van der Waals surface area contributed by atoms with E-state index in [9.17, 15) is 0 Å². The highest BCUT2D eigenvalue weighted by molar-refractivity contribution is 5.45. The third-order valence-corrected chi connectivity index (χ3v) is 2.54. The van der Waals surface area contributed by atoms with Crippen LogP contribution in [-0.4, -0.2) is 6.54 Å². The second-order valence-corrected chi connectivity index (χ2v) is 4.05. The largest absolute Gasteiger partial charge is 0.381 e. The van der Waals surface area contributed by atoms with Crippen LogP contribution in [0.25, 0.3) is 0 Å². The molecule has 0 aliphatic rings. The summed E-state index contributed by atoms with van der Waals surface area (Å²) in [6.45, 7) is 8.74. The zero-order chi connectivity index (χ0) is 12.5. The molecule has 0 bridgehead atoms. The van der Waals surface area contributed by atoms with Crippen LogP contribution in [0.15, 0.2) is 60.7 Å². The Morgan fingerprint density at radius 3 is 2.65 bits per heavy atom. The first-order chi connectivity index (χ1) is 8.26. The molecule has 0 fully saturated rings. The molecule has 0 heterocycles. The summed E-state index contributed by atoms with van der Waals surface area (Å²) in [6, 6.07) is 8.45. The van der Waals surface area contributed by atoms with Gasteiger partial charge in [-0.15, -0.1) is 0 Å². The summed E-state index contributed by atoms with van der Waals surface area (Å²) in [7, 11) is 0. The van der Waals surface area contributed by atoms with Crippen molar-refractivity contribution in [2.75, 3.05) is 11.9 Å². The lowest BCUT2D eigenvalue weighted by Gasteiger charge is -2.08. The topological polar surface area (TPSA) is 12.0 Å². The van der Waals surface area contributed by atoms with Gasteiger partial charge in [-0.05, 0) is 38.0 Å². The van der Waals surface area contributed by atoms with Gasteiger partial charge in [0, 0.05) is 13.7 Å². The van der Waals surface area contributed by atoms with Crippen molar-refractivity contribution in [2.45, 2.75) is 20.3 Å². The third-order valence-electron chi connectivity index (χ3n) is 2.54. The maximum absolute atomic E-state index is 3.75. The first-order valence-electron chi connectivity index (χ1n) is 5.98. The van der Waals surface area contributed by atoms with Crippen molar-refractivity contribution >= 4 is 5.69 Å². The average Bonchev–Trinajstić information content (AvgIpc) is 2.35. The Bertz CT molecular complexity index is 402. The second-order valence-electron chi connectivity index (χ2n) is 4.05. The fraction of sp³-hybridized carbons (Fsp3) is 0.250. The van der Waals surface area contributed by atoms with Crippen LogP contribution < -0.4 is 5.32 Å². The minimum atomic E-state index is 0. The highest BCUT2D eigenvalue weighted by Crippen LogP contribution is 2.11. The summed E-state index contributed by atoms with van der Waals surface area (Å²) in [5, 5.41) is 3.42. The molecule has 1 N–H and O–H groups in total. The van der Waals surface area contributed by atoms with Crippen LogP contribution in [0.2, 0.25) is 0 Å². The van der Waals surface area contributed by atoms with Gasteiger partial charge in [0.1, 0.15) is 0 Å². The molecule has 17 heavy (non-hydrogen) atoms. The molecule has 1 aromatic rings. The molecule has 0 aromatic heterocycles. The lowest BCUT2D eigenvalue weighted by molar-refractivity contribution is 1.11. The van der Waals surface area contributed by atoms with Gasteiger partial charge in [0.25, 0.3) is 0 Å². The fourth-order valence-corrected chi connectivity index (χ4v) is 1.52. The van der Waals surface area contributed by atoms with Crippen molar-refractivity contribution < 1.29 is 1.43 Å². The Kier molecular flexibility index (Phi) is 5.87. The number of aryl methyl sites for hydroxylation is 1. The van der Waals surface area contributed by atoms with E-state index in [1.807, 2.05) is 13.0 Å². The van der Waals surface area contributed by atoms with Gasteiger partial charge in [0.15, 0.2) is 0 Å². The molecule has 0 radical (unpaired) electrons. The Labute approximate surface area is 106 Å². The molecule has 0 aliphatic carbocycles. The molecule has 0 saturated heterocycles. The highest BCUT2D eigenvalue weighted by Gasteiger charge is 1.95. The Morgan fingerprint density at radius 1 is 1.35 bits per heavy atom. The molecule has 0 atom stereocenters. The van der Waals surface area contributed by atoms with Gasteiger partial charge in [0.05, 0.1) is 0 Å². The Hall–Kier alpha value is -1.76. The minimum absolute atomic E-state index is 0. The lowest BCUT2D eigenvalue weighted by atomic mass is 10.1. The van der Waals surface area contributed by atoms with Gasteiger partial charge >= 0.3 is 0 Å². The number of allylic oxidation sites excluding steroid dienone is 4. The predicted molar refractivity (Wildman–Crippen MR) is 79.5 cm³/mol. The molecule has 92 valence electrons. The standard InChI is InChI=1S/C16H21N.H2/c1-4-6-8-15(7-5-2)13-17-16-11-9-14(3)10-12-16;/h4-7,9-12,17H,2,8,13H2,1,3H3;1H/b6-4-,15-7+;. The Balaban J connectivity index is 0.00000289. The van der Waals surface area contributed by atoms with E-state index in [0.29, 0.717) is 0 Å². The summed E-state index contributed by atoms with van der Waals surface area (Å²) < 4.78 is 0. The average molecular weight is 229 g/mol. The summed E-state index contributed by atoms with van der Waals surface area (Å²) in [6.07, 6.45) is 9.12. The van der Waals surface area contributed by atoms with Crippen molar-refractivity contribution in [3.05, 3.63) is 66.3 Å². The number of hydrogen-bond acceptors (Lipinski definition) is 1. The van der Waals surface area contributed by atoms with E-state index in [4.69, 9.17) is 0 Å². The van der Waals surface area contributed by atoms with Crippen molar-refractivity contribution in [2.24, 2.45) is 0 Å². The van der Waals surface area contributed by atoms with Crippen LogP contribution in [0.4, 0.5) is 5.69 Å². The van der Waals surface area contributed by atoms with Crippen LogP contribution in [0.3, 0.4) is 0 Å². The zero-order valence-corrected chi connectivity index (χ0v) is 10.7. The van der Waals surface area contributed by atoms with Crippen LogP contribution in [0.1, 0.15) is 20.3 Å². The molecular formula is C16H23N. The summed E-state index contributed by atoms with van der Waals surface area (Å²) in [5.74, 6) is 0. The van der Waals surface area contributed by atoms with Crippen molar-refractivity contribution in [3.63, 3.8) is 0 Å². The predicted octanol–water partition coefficient (Wildman–Crippen LogP) is 4.73. The zero-order valence-electron chi connectivity index (χ0n) is 10.7. The molecule has 1 aromatic carbocycles. The van der Waals surface area contributed by atoms with Crippen LogP contribution in [0.5, 0.6) is 0 Å².